The van der Waals surface area contributed by atoms with E-state index in [0.717, 1.165) is 32.6 Å². The highest BCUT2D eigenvalue weighted by Crippen LogP contribution is 2.36. The van der Waals surface area contributed by atoms with Crippen molar-refractivity contribution in [2.24, 2.45) is 0 Å². The minimum Gasteiger partial charge on any atom is -0.381 e. The molecule has 0 amide bonds. The first-order chi connectivity index (χ1) is 6.87. The molecular weight excluding hydrogens is 194 g/mol. The molecule has 0 unspecified atom stereocenters. The second kappa shape index (κ2) is 4.43. The second-order valence-corrected chi connectivity index (χ2v) is 4.85. The predicted octanol–water partition coefficient (Wildman–Crippen LogP) is 2.02. The smallest absolute Gasteiger partial charge is 0.0475 e. The predicted molar refractivity (Wildman–Crippen MR) is 60.0 cm³/mol. The standard InChI is InChI=1S/C11H17NOS/c1-12-9-11(4-6-13-7-5-11)10-3-2-8-14-10/h2-3,8,12H,4-7,9H2,1H3. The van der Waals surface area contributed by atoms with Crippen LogP contribution in [-0.2, 0) is 10.2 Å². The van der Waals surface area contributed by atoms with Crippen molar-refractivity contribution in [2.75, 3.05) is 26.8 Å². The summed E-state index contributed by atoms with van der Waals surface area (Å²) in [6.07, 6.45) is 2.29. The Morgan fingerprint density at radius 1 is 1.50 bits per heavy atom. The van der Waals surface area contributed by atoms with Gasteiger partial charge in [0.05, 0.1) is 0 Å². The average Bonchev–Trinajstić information content (AvgIpc) is 2.73. The number of hydrogen-bond acceptors (Lipinski definition) is 3. The average molecular weight is 211 g/mol. The molecule has 1 aliphatic rings. The van der Waals surface area contributed by atoms with Gasteiger partial charge in [-0.1, -0.05) is 6.07 Å². The molecule has 1 aromatic rings. The van der Waals surface area contributed by atoms with E-state index in [4.69, 9.17) is 4.74 Å². The van der Waals surface area contributed by atoms with E-state index < -0.39 is 0 Å². The van der Waals surface area contributed by atoms with Gasteiger partial charge >= 0.3 is 0 Å². The summed E-state index contributed by atoms with van der Waals surface area (Å²) in [5.74, 6) is 0. The van der Waals surface area contributed by atoms with Crippen LogP contribution in [0.2, 0.25) is 0 Å². The number of hydrogen-bond donors (Lipinski definition) is 1. The van der Waals surface area contributed by atoms with Gasteiger partial charge in [0.1, 0.15) is 0 Å². The number of likely N-dealkylation sites (N-methyl/N-ethyl adjacent to an activating group) is 1. The van der Waals surface area contributed by atoms with E-state index in [9.17, 15) is 0 Å². The molecule has 0 aromatic carbocycles. The topological polar surface area (TPSA) is 21.3 Å². The third-order valence-electron chi connectivity index (χ3n) is 3.01. The Kier molecular flexibility index (Phi) is 3.21. The maximum atomic E-state index is 5.45. The van der Waals surface area contributed by atoms with Gasteiger partial charge in [-0.3, -0.25) is 0 Å². The zero-order valence-electron chi connectivity index (χ0n) is 8.58. The molecule has 0 radical (unpaired) electrons. The summed E-state index contributed by atoms with van der Waals surface area (Å²) in [6.45, 7) is 2.87. The normalized spacial score (nSPS) is 20.9. The summed E-state index contributed by atoms with van der Waals surface area (Å²) < 4.78 is 5.45. The fourth-order valence-corrected chi connectivity index (χ4v) is 3.18. The number of ether oxygens (including phenoxy) is 1. The van der Waals surface area contributed by atoms with Crippen LogP contribution in [0.5, 0.6) is 0 Å². The highest BCUT2D eigenvalue weighted by molar-refractivity contribution is 7.10. The maximum absolute atomic E-state index is 5.45. The molecule has 0 atom stereocenters. The third-order valence-corrected chi connectivity index (χ3v) is 4.13. The van der Waals surface area contributed by atoms with Crippen molar-refractivity contribution < 1.29 is 4.74 Å². The van der Waals surface area contributed by atoms with E-state index >= 15 is 0 Å². The first kappa shape index (κ1) is 10.1. The molecule has 1 N–H and O–H groups in total. The molecule has 78 valence electrons. The molecule has 2 heterocycles. The Morgan fingerprint density at radius 3 is 2.86 bits per heavy atom. The highest BCUT2D eigenvalue weighted by atomic mass is 32.1. The lowest BCUT2D eigenvalue weighted by atomic mass is 9.79. The lowest BCUT2D eigenvalue weighted by Gasteiger charge is -2.36. The monoisotopic (exact) mass is 211 g/mol. The summed E-state index contributed by atoms with van der Waals surface area (Å²) >= 11 is 1.87. The van der Waals surface area contributed by atoms with Gasteiger partial charge in [0, 0.05) is 30.1 Å². The van der Waals surface area contributed by atoms with Crippen LogP contribution in [0.4, 0.5) is 0 Å². The molecule has 1 aromatic heterocycles. The van der Waals surface area contributed by atoms with Crippen LogP contribution in [-0.4, -0.2) is 26.8 Å². The molecule has 0 bridgehead atoms. The van der Waals surface area contributed by atoms with Gasteiger partial charge in [0.15, 0.2) is 0 Å². The second-order valence-electron chi connectivity index (χ2n) is 3.90. The van der Waals surface area contributed by atoms with Crippen molar-refractivity contribution in [3.8, 4) is 0 Å². The van der Waals surface area contributed by atoms with E-state index in [2.05, 4.69) is 22.8 Å². The summed E-state index contributed by atoms with van der Waals surface area (Å²) in [6, 6.07) is 4.40. The minimum absolute atomic E-state index is 0.334. The van der Waals surface area contributed by atoms with Crippen molar-refractivity contribution in [2.45, 2.75) is 18.3 Å². The number of thiophene rings is 1. The molecule has 14 heavy (non-hydrogen) atoms. The van der Waals surface area contributed by atoms with Crippen molar-refractivity contribution in [1.29, 1.82) is 0 Å². The quantitative estimate of drug-likeness (QED) is 0.826. The van der Waals surface area contributed by atoms with Gasteiger partial charge < -0.3 is 10.1 Å². The van der Waals surface area contributed by atoms with Crippen molar-refractivity contribution in [3.63, 3.8) is 0 Å². The highest BCUT2D eigenvalue weighted by Gasteiger charge is 2.34. The van der Waals surface area contributed by atoms with Gasteiger partial charge in [0.25, 0.3) is 0 Å². The van der Waals surface area contributed by atoms with Crippen molar-refractivity contribution in [1.82, 2.24) is 5.32 Å². The first-order valence-electron chi connectivity index (χ1n) is 5.14. The lowest BCUT2D eigenvalue weighted by molar-refractivity contribution is 0.0518. The Morgan fingerprint density at radius 2 is 2.29 bits per heavy atom. The molecule has 2 rings (SSSR count). The zero-order valence-corrected chi connectivity index (χ0v) is 9.40. The van der Waals surface area contributed by atoms with Crippen LogP contribution in [0.3, 0.4) is 0 Å². The molecule has 1 fully saturated rings. The first-order valence-corrected chi connectivity index (χ1v) is 6.02. The minimum atomic E-state index is 0.334. The van der Waals surface area contributed by atoms with Gasteiger partial charge in [-0.2, -0.15) is 0 Å². The summed E-state index contributed by atoms with van der Waals surface area (Å²) in [4.78, 5) is 1.51. The number of nitrogens with one attached hydrogen (secondary N) is 1. The molecule has 0 spiro atoms. The Bertz CT molecular complexity index is 259. The summed E-state index contributed by atoms with van der Waals surface area (Å²) in [5.41, 5.74) is 0.334. The van der Waals surface area contributed by atoms with Crippen LogP contribution in [0.1, 0.15) is 17.7 Å². The largest absolute Gasteiger partial charge is 0.381 e. The summed E-state index contributed by atoms with van der Waals surface area (Å²) in [5, 5.41) is 5.49. The van der Waals surface area contributed by atoms with E-state index in [1.807, 2.05) is 18.4 Å². The van der Waals surface area contributed by atoms with E-state index in [0.29, 0.717) is 5.41 Å². The van der Waals surface area contributed by atoms with Gasteiger partial charge in [-0.05, 0) is 31.3 Å². The molecule has 0 saturated carbocycles. The van der Waals surface area contributed by atoms with E-state index in [-0.39, 0.29) is 0 Å². The van der Waals surface area contributed by atoms with Gasteiger partial charge in [0.2, 0.25) is 0 Å². The van der Waals surface area contributed by atoms with Gasteiger partial charge in [-0.15, -0.1) is 11.3 Å². The maximum Gasteiger partial charge on any atom is 0.0475 e. The molecule has 1 saturated heterocycles. The fourth-order valence-electron chi connectivity index (χ4n) is 2.19. The Labute approximate surface area is 89.3 Å². The van der Waals surface area contributed by atoms with Gasteiger partial charge in [-0.25, -0.2) is 0 Å². The molecule has 1 aliphatic heterocycles. The molecule has 2 nitrogen and oxygen atoms in total. The van der Waals surface area contributed by atoms with Crippen LogP contribution >= 0.6 is 11.3 Å². The number of rotatable bonds is 3. The SMILES string of the molecule is CNCC1(c2cccs2)CCOCC1. The third kappa shape index (κ3) is 1.85. The van der Waals surface area contributed by atoms with Crippen LogP contribution in [0, 0.1) is 0 Å². The van der Waals surface area contributed by atoms with Crippen LogP contribution < -0.4 is 5.32 Å². The fraction of sp³-hybridized carbons (Fsp3) is 0.636. The van der Waals surface area contributed by atoms with E-state index in [1.165, 1.54) is 4.88 Å². The van der Waals surface area contributed by atoms with E-state index in [1.54, 1.807) is 0 Å². The van der Waals surface area contributed by atoms with Crippen molar-refractivity contribution in [3.05, 3.63) is 22.4 Å². The van der Waals surface area contributed by atoms with Crippen molar-refractivity contribution >= 4 is 11.3 Å². The zero-order chi connectivity index (χ0) is 9.86. The summed E-state index contributed by atoms with van der Waals surface area (Å²) in [7, 11) is 2.03. The molecule has 0 aliphatic carbocycles. The molecule has 3 heteroatoms. The Balaban J connectivity index is 2.20. The molecular formula is C11H17NOS. The van der Waals surface area contributed by atoms with Crippen LogP contribution in [0.15, 0.2) is 17.5 Å². The Hall–Kier alpha value is -0.380. The van der Waals surface area contributed by atoms with Crippen LogP contribution in [0.25, 0.3) is 0 Å². The lowest BCUT2D eigenvalue weighted by Crippen LogP contribution is -2.41.